The van der Waals surface area contributed by atoms with Gasteiger partial charge in [0.15, 0.2) is 23.1 Å². The Labute approximate surface area is 688 Å². The quantitative estimate of drug-likeness (QED) is 0.0746. The minimum absolute atomic E-state index is 0.0149. The Morgan fingerprint density at radius 1 is 0.336 bits per heavy atom. The van der Waals surface area contributed by atoms with E-state index in [1.54, 1.807) is 55.6 Å². The predicted octanol–water partition coefficient (Wildman–Crippen LogP) is 20.9. The number of nitrogens with one attached hydrogen (secondary N) is 10. The average Bonchev–Trinajstić information content (AvgIpc) is 1.63. The number of rotatable bonds is 6. The first-order valence-corrected chi connectivity index (χ1v) is 41.2. The largest absolute Gasteiger partial charge is 0.508 e. The van der Waals surface area contributed by atoms with Crippen molar-refractivity contribution in [2.45, 2.75) is 62.3 Å². The maximum Gasteiger partial charge on any atom is 0.165 e. The van der Waals surface area contributed by atoms with Crippen LogP contribution in [0.1, 0.15) is 114 Å². The molecule has 0 saturated heterocycles. The van der Waals surface area contributed by atoms with Crippen LogP contribution in [0.4, 0.5) is 4.39 Å². The fourth-order valence-corrected chi connectivity index (χ4v) is 18.6. The van der Waals surface area contributed by atoms with Crippen molar-refractivity contribution in [1.82, 2.24) is 51.5 Å². The topological polar surface area (TPSA) is 249 Å². The number of aromatic hydroxyl groups is 5. The summed E-state index contributed by atoms with van der Waals surface area (Å²) in [5.41, 5.74) is 21.9. The van der Waals surface area contributed by atoms with E-state index in [2.05, 4.69) is 202 Å². The number of benzene rings is 10. The molecule has 5 aromatic heterocycles. The highest BCUT2D eigenvalue weighted by Crippen LogP contribution is 2.45. The summed E-state index contributed by atoms with van der Waals surface area (Å²) in [5.74, 6) is 0.687. The van der Waals surface area contributed by atoms with E-state index >= 15 is 0 Å². The molecule has 560 valence electrons. The monoisotopic (exact) mass is 1870 g/mol. The zero-order valence-electron chi connectivity index (χ0n) is 59.0. The molecule has 5 atom stereocenters. The van der Waals surface area contributed by atoms with Crippen molar-refractivity contribution in [1.29, 1.82) is 0 Å². The molecule has 0 aliphatic carbocycles. The molecule has 5 aliphatic heterocycles. The van der Waals surface area contributed by atoms with Crippen LogP contribution in [0.5, 0.6) is 34.5 Å². The fraction of sp³-hybridized carbons (Fsp3) is 0.186. The molecular formula is C86H74Br6ClFN10O6. The molecule has 0 saturated carbocycles. The van der Waals surface area contributed by atoms with Gasteiger partial charge >= 0.3 is 0 Å². The third-order valence-electron chi connectivity index (χ3n) is 21.3. The summed E-state index contributed by atoms with van der Waals surface area (Å²) in [4.78, 5) is 17.5. The van der Waals surface area contributed by atoms with Gasteiger partial charge in [-0.15, -0.1) is 0 Å². The Morgan fingerprint density at radius 2 is 0.673 bits per heavy atom. The number of hydrogen-bond acceptors (Lipinski definition) is 11. The highest BCUT2D eigenvalue weighted by Gasteiger charge is 2.33. The lowest BCUT2D eigenvalue weighted by Gasteiger charge is -2.25. The van der Waals surface area contributed by atoms with Gasteiger partial charge in [0.05, 0.1) is 37.3 Å². The van der Waals surface area contributed by atoms with Gasteiger partial charge in [-0.1, -0.05) is 144 Å². The van der Waals surface area contributed by atoms with Crippen LogP contribution in [0.3, 0.4) is 0 Å². The summed E-state index contributed by atoms with van der Waals surface area (Å²) >= 11 is 27.3. The Hall–Kier alpha value is -8.40. The van der Waals surface area contributed by atoms with Gasteiger partial charge in [0.25, 0.3) is 0 Å². The van der Waals surface area contributed by atoms with Gasteiger partial charge in [0.1, 0.15) is 17.2 Å². The van der Waals surface area contributed by atoms with Crippen molar-refractivity contribution >= 4 is 162 Å². The van der Waals surface area contributed by atoms with E-state index in [1.807, 2.05) is 78.9 Å². The van der Waals surface area contributed by atoms with E-state index < -0.39 is 5.82 Å². The molecule has 10 aromatic carbocycles. The molecule has 110 heavy (non-hydrogen) atoms. The minimum Gasteiger partial charge on any atom is -0.508 e. The van der Waals surface area contributed by atoms with Gasteiger partial charge in [-0.3, -0.25) is 0 Å². The molecule has 15 N–H and O–H groups in total. The molecule has 16 nitrogen and oxygen atoms in total. The molecule has 20 rings (SSSR count). The summed E-state index contributed by atoms with van der Waals surface area (Å²) in [6.45, 7) is 4.36. The number of fused-ring (bicyclic) bond motifs is 15. The molecule has 0 fully saturated rings. The highest BCUT2D eigenvalue weighted by atomic mass is 79.9. The zero-order valence-corrected chi connectivity index (χ0v) is 69.3. The second kappa shape index (κ2) is 32.4. The first-order chi connectivity index (χ1) is 53.3. The summed E-state index contributed by atoms with van der Waals surface area (Å²) in [6.07, 6.45) is 4.83. The number of halogens is 8. The fourth-order valence-electron chi connectivity index (χ4n) is 16.2. The first-order valence-electron chi connectivity index (χ1n) is 36.1. The van der Waals surface area contributed by atoms with Gasteiger partial charge in [0.2, 0.25) is 0 Å². The van der Waals surface area contributed by atoms with E-state index in [1.165, 1.54) is 66.5 Å². The Kier molecular flexibility index (Phi) is 22.3. The van der Waals surface area contributed by atoms with Crippen LogP contribution in [-0.2, 0) is 32.1 Å². The summed E-state index contributed by atoms with van der Waals surface area (Å²) in [5, 5.41) is 74.9. The van der Waals surface area contributed by atoms with Gasteiger partial charge < -0.3 is 81.8 Å². The van der Waals surface area contributed by atoms with Gasteiger partial charge in [0, 0.05) is 170 Å². The molecule has 10 heterocycles. The van der Waals surface area contributed by atoms with Crippen LogP contribution in [0, 0.1) is 5.82 Å². The first kappa shape index (κ1) is 75.6. The smallest absolute Gasteiger partial charge is 0.165 e. The Bertz CT molecular complexity index is 5740. The number of para-hydroxylation sites is 2. The zero-order chi connectivity index (χ0) is 76.2. The lowest BCUT2D eigenvalue weighted by Crippen LogP contribution is -2.30. The van der Waals surface area contributed by atoms with E-state index in [-0.39, 0.29) is 47.5 Å². The maximum atomic E-state index is 13.7. The van der Waals surface area contributed by atoms with Gasteiger partial charge in [-0.05, 0) is 217 Å². The molecule has 15 aromatic rings. The number of methoxy groups -OCH3 is 1. The molecule has 0 bridgehead atoms. The van der Waals surface area contributed by atoms with E-state index in [0.717, 1.165) is 164 Å². The number of phenols is 5. The maximum absolute atomic E-state index is 13.7. The summed E-state index contributed by atoms with van der Waals surface area (Å²) in [6, 6.07) is 59.5. The van der Waals surface area contributed by atoms with Crippen LogP contribution in [-0.4, -0.2) is 90.3 Å². The van der Waals surface area contributed by atoms with Gasteiger partial charge in [-0.25, -0.2) is 4.39 Å². The summed E-state index contributed by atoms with van der Waals surface area (Å²) in [7, 11) is 1.56. The van der Waals surface area contributed by atoms with Crippen LogP contribution >= 0.6 is 107 Å². The number of phenolic OH excluding ortho intramolecular Hbond substituents is 5. The molecule has 5 unspecified atom stereocenters. The summed E-state index contributed by atoms with van der Waals surface area (Å²) < 4.78 is 25.1. The van der Waals surface area contributed by atoms with E-state index in [0.29, 0.717) is 27.8 Å². The van der Waals surface area contributed by atoms with E-state index in [4.69, 9.17) is 16.3 Å². The molecule has 0 spiro atoms. The Balaban J connectivity index is 0.000000104. The van der Waals surface area contributed by atoms with Crippen LogP contribution < -0.4 is 31.3 Å². The SMILES string of the molecule is COc1ccc(C2NCCc3c2[nH]c2ccc(Br)cc32)cc1O.Oc1c(F)cccc1C1NCCc2c1[nH]c1ccc(Br)cc21.Oc1ccc(Br)cc1C1NCCc2c1[nH]c1ccc(Br)cc21.Oc1ccc(Cl)cc1C1NCCc2c1[nH]c1ccc(Br)cc21.Oc1ccccc1C1NCCc2c1[nH]c1ccc(Br)cc21. The number of hydrogen-bond donors (Lipinski definition) is 15. The van der Waals surface area contributed by atoms with Crippen molar-refractivity contribution in [2.24, 2.45) is 0 Å². The second-order valence-corrected chi connectivity index (χ2v) is 33.7. The molecule has 5 aliphatic rings. The lowest BCUT2D eigenvalue weighted by atomic mass is 9.94. The number of H-pyrrole nitrogens is 5. The van der Waals surface area contributed by atoms with Gasteiger partial charge in [-0.2, -0.15) is 0 Å². The third kappa shape index (κ3) is 15.2. The third-order valence-corrected chi connectivity index (χ3v) is 24.5. The van der Waals surface area contributed by atoms with Crippen molar-refractivity contribution in [3.63, 3.8) is 0 Å². The lowest BCUT2D eigenvalue weighted by molar-refractivity contribution is 0.372. The van der Waals surface area contributed by atoms with Crippen LogP contribution in [0.2, 0.25) is 5.02 Å². The van der Waals surface area contributed by atoms with Crippen LogP contribution in [0.15, 0.2) is 215 Å². The molecule has 0 radical (unpaired) electrons. The number of ether oxygens (including phenoxy) is 1. The van der Waals surface area contributed by atoms with Crippen molar-refractivity contribution in [3.05, 3.63) is 310 Å². The highest BCUT2D eigenvalue weighted by molar-refractivity contribution is 9.11. The number of aromatic nitrogens is 5. The second-order valence-electron chi connectivity index (χ2n) is 27.8. The molecule has 24 heteroatoms. The normalized spacial score (nSPS) is 17.6. The van der Waals surface area contributed by atoms with E-state index in [9.17, 15) is 29.9 Å². The standard InChI is InChI=1S/C18H17BrN2O2.C17H14Br2N2O.C17H14BrClN2O.C17H14BrFN2O.C17H15BrN2O/c1-23-16-5-2-10(8-15(16)22)17-18-12(6-7-20-17)13-9-11(19)3-4-14(13)21-18;2*18-9-1-3-14-12(7-9)11-5-6-20-16(17(11)21-14)13-8-10(19)2-4-15(13)22;18-9-4-5-14-12(8-9)10-6-7-20-15(16(10)21-14)11-2-1-3-13(19)17(11)22;18-10-5-6-14-13(9-10)11-7-8-19-16(17(11)20-14)12-3-1-2-4-15(12)21/h2-5,8-9,17,20-22H,6-7H2,1H3;2*1-4,7-8,16,20-22H,5-6H2;1-5,8,15,20-22H,6-7H2;1-6,9,16,19-21H,7-8H2. The minimum atomic E-state index is -0.592. The number of aromatic amines is 5. The molecular weight excluding hydrogens is 1800 g/mol. The predicted molar refractivity (Wildman–Crippen MR) is 457 cm³/mol. The molecule has 0 amide bonds. The Morgan fingerprint density at radius 3 is 1.08 bits per heavy atom. The average molecular weight is 1880 g/mol. The van der Waals surface area contributed by atoms with Crippen LogP contribution in [0.25, 0.3) is 54.5 Å². The van der Waals surface area contributed by atoms with Crippen molar-refractivity contribution < 1.29 is 34.7 Å². The van der Waals surface area contributed by atoms with Crippen molar-refractivity contribution in [3.8, 4) is 34.5 Å². The van der Waals surface area contributed by atoms with Crippen molar-refractivity contribution in [2.75, 3.05) is 39.8 Å².